The smallest absolute Gasteiger partial charge is 0.00111 e. The van der Waals surface area contributed by atoms with Gasteiger partial charge in [0.2, 0.25) is 0 Å². The van der Waals surface area contributed by atoms with Gasteiger partial charge in [0.1, 0.15) is 0 Å². The van der Waals surface area contributed by atoms with Crippen molar-refractivity contribution in [3.63, 3.8) is 0 Å². The van der Waals surface area contributed by atoms with E-state index < -0.39 is 0 Å². The molecule has 0 aromatic heterocycles. The van der Waals surface area contributed by atoms with E-state index in [1.165, 1.54) is 48.6 Å². The van der Waals surface area contributed by atoms with Crippen molar-refractivity contribution in [2.45, 2.75) is 39.5 Å². The van der Waals surface area contributed by atoms with E-state index >= 15 is 0 Å². The van der Waals surface area contributed by atoms with Crippen LogP contribution in [0.5, 0.6) is 0 Å². The fraction of sp³-hybridized carbons (Fsp3) is 0.500. The molecule has 1 fully saturated rings. The third kappa shape index (κ3) is 3.29. The molecule has 112 valence electrons. The molecule has 0 spiro atoms. The lowest BCUT2D eigenvalue weighted by atomic mass is 9.65. The Hall–Kier alpha value is -1.34. The summed E-state index contributed by atoms with van der Waals surface area (Å²) < 4.78 is 0. The molecule has 1 nitrogen and oxygen atoms in total. The molecule has 0 heterocycles. The van der Waals surface area contributed by atoms with E-state index in [4.69, 9.17) is 0 Å². The Morgan fingerprint density at radius 2 is 1.81 bits per heavy atom. The average molecular weight is 281 g/mol. The summed E-state index contributed by atoms with van der Waals surface area (Å²) in [6.07, 6.45) is 5.37. The van der Waals surface area contributed by atoms with E-state index in [0.717, 1.165) is 12.5 Å². The fourth-order valence-corrected chi connectivity index (χ4v) is 3.57. The summed E-state index contributed by atoms with van der Waals surface area (Å²) in [5.74, 6) is 0.736. The van der Waals surface area contributed by atoms with Crippen molar-refractivity contribution in [1.82, 2.24) is 5.32 Å². The van der Waals surface area contributed by atoms with Gasteiger partial charge >= 0.3 is 0 Å². The topological polar surface area (TPSA) is 12.0 Å². The minimum absolute atomic E-state index is 0.499. The maximum Gasteiger partial charge on any atom is 0.00111 e. The summed E-state index contributed by atoms with van der Waals surface area (Å²) in [6, 6.07) is 15.6. The molecule has 0 bridgehead atoms. The second kappa shape index (κ2) is 6.19. The van der Waals surface area contributed by atoms with E-state index in [2.05, 4.69) is 61.6 Å². The molecular weight excluding hydrogens is 254 g/mol. The number of benzene rings is 2. The molecule has 0 aliphatic heterocycles. The molecule has 1 heteroatoms. The first-order valence-electron chi connectivity index (χ1n) is 8.36. The van der Waals surface area contributed by atoms with Crippen LogP contribution in [0.25, 0.3) is 10.8 Å². The van der Waals surface area contributed by atoms with Crippen molar-refractivity contribution in [1.29, 1.82) is 0 Å². The second-order valence-corrected chi connectivity index (χ2v) is 7.19. The highest BCUT2D eigenvalue weighted by Crippen LogP contribution is 2.44. The molecule has 2 aromatic carbocycles. The quantitative estimate of drug-likeness (QED) is 0.802. The maximum absolute atomic E-state index is 3.70. The Labute approximate surface area is 128 Å². The van der Waals surface area contributed by atoms with Crippen LogP contribution < -0.4 is 5.32 Å². The fourth-order valence-electron chi connectivity index (χ4n) is 3.57. The first-order chi connectivity index (χ1) is 10.2. The summed E-state index contributed by atoms with van der Waals surface area (Å²) >= 11 is 0. The summed E-state index contributed by atoms with van der Waals surface area (Å²) in [7, 11) is 0. The third-order valence-corrected chi connectivity index (χ3v) is 4.91. The Morgan fingerprint density at radius 1 is 1.05 bits per heavy atom. The predicted octanol–water partition coefficient (Wildman–Crippen LogP) is 4.80. The zero-order valence-electron chi connectivity index (χ0n) is 13.4. The molecular formula is C20H27N. The molecule has 0 radical (unpaired) electrons. The van der Waals surface area contributed by atoms with Crippen LogP contribution in [-0.2, 0) is 6.42 Å². The summed E-state index contributed by atoms with van der Waals surface area (Å²) in [4.78, 5) is 0. The Kier molecular flexibility index (Phi) is 4.30. The van der Waals surface area contributed by atoms with Crippen molar-refractivity contribution in [3.05, 3.63) is 48.0 Å². The van der Waals surface area contributed by atoms with Crippen molar-refractivity contribution >= 4 is 10.8 Å². The number of hydrogen-bond acceptors (Lipinski definition) is 1. The number of fused-ring (bicyclic) bond motifs is 1. The Balaban J connectivity index is 1.76. The van der Waals surface area contributed by atoms with Crippen LogP contribution >= 0.6 is 0 Å². The van der Waals surface area contributed by atoms with Crippen LogP contribution in [0.1, 0.15) is 38.7 Å². The highest BCUT2D eigenvalue weighted by atomic mass is 14.9. The van der Waals surface area contributed by atoms with Crippen molar-refractivity contribution < 1.29 is 0 Å². The summed E-state index contributed by atoms with van der Waals surface area (Å²) in [5, 5.41) is 6.51. The van der Waals surface area contributed by atoms with Crippen molar-refractivity contribution in [2.24, 2.45) is 11.3 Å². The van der Waals surface area contributed by atoms with Gasteiger partial charge in [-0.3, -0.25) is 0 Å². The van der Waals surface area contributed by atoms with E-state index in [9.17, 15) is 0 Å². The van der Waals surface area contributed by atoms with Gasteiger partial charge in [0.25, 0.3) is 0 Å². The van der Waals surface area contributed by atoms with E-state index in [1.807, 2.05) is 0 Å². The van der Waals surface area contributed by atoms with Gasteiger partial charge in [0.15, 0.2) is 0 Å². The molecule has 0 saturated heterocycles. The van der Waals surface area contributed by atoms with Crippen molar-refractivity contribution in [2.75, 3.05) is 13.1 Å². The molecule has 0 unspecified atom stereocenters. The zero-order chi connectivity index (χ0) is 14.7. The number of nitrogens with one attached hydrogen (secondary N) is 1. The lowest BCUT2D eigenvalue weighted by Crippen LogP contribution is -2.42. The first kappa shape index (κ1) is 14.6. The minimum Gasteiger partial charge on any atom is -0.316 e. The number of hydrogen-bond donors (Lipinski definition) is 1. The minimum atomic E-state index is 0.499. The average Bonchev–Trinajstić information content (AvgIpc) is 2.44. The first-order valence-corrected chi connectivity index (χ1v) is 8.36. The van der Waals surface area contributed by atoms with Crippen LogP contribution in [-0.4, -0.2) is 13.1 Å². The SMILES string of the molecule is CC(C)CNCC1(Cc2cccc3ccccc23)CCC1. The lowest BCUT2D eigenvalue weighted by molar-refractivity contribution is 0.129. The van der Waals surface area contributed by atoms with Gasteiger partial charge in [-0.15, -0.1) is 0 Å². The predicted molar refractivity (Wildman–Crippen MR) is 91.6 cm³/mol. The van der Waals surface area contributed by atoms with Crippen LogP contribution in [0, 0.1) is 11.3 Å². The molecule has 3 rings (SSSR count). The monoisotopic (exact) mass is 281 g/mol. The van der Waals surface area contributed by atoms with E-state index in [-0.39, 0.29) is 0 Å². The van der Waals surface area contributed by atoms with Gasteiger partial charge in [-0.1, -0.05) is 62.7 Å². The normalized spacial score (nSPS) is 17.1. The molecule has 1 aliphatic rings. The van der Waals surface area contributed by atoms with Gasteiger partial charge in [-0.05, 0) is 53.5 Å². The molecule has 1 saturated carbocycles. The zero-order valence-corrected chi connectivity index (χ0v) is 13.4. The Bertz CT molecular complexity index is 590. The van der Waals surface area contributed by atoms with Crippen LogP contribution in [0.2, 0.25) is 0 Å². The Morgan fingerprint density at radius 3 is 2.52 bits per heavy atom. The lowest BCUT2D eigenvalue weighted by Gasteiger charge is -2.43. The highest BCUT2D eigenvalue weighted by molar-refractivity contribution is 5.85. The molecule has 2 aromatic rings. The second-order valence-electron chi connectivity index (χ2n) is 7.19. The van der Waals surface area contributed by atoms with Crippen LogP contribution in [0.3, 0.4) is 0 Å². The molecule has 0 amide bonds. The van der Waals surface area contributed by atoms with Crippen LogP contribution in [0.4, 0.5) is 0 Å². The van der Waals surface area contributed by atoms with Gasteiger partial charge < -0.3 is 5.32 Å². The van der Waals surface area contributed by atoms with E-state index in [1.54, 1.807) is 0 Å². The summed E-state index contributed by atoms with van der Waals surface area (Å²) in [5.41, 5.74) is 2.03. The largest absolute Gasteiger partial charge is 0.316 e. The van der Waals surface area contributed by atoms with Gasteiger partial charge in [-0.2, -0.15) is 0 Å². The van der Waals surface area contributed by atoms with Crippen molar-refractivity contribution in [3.8, 4) is 0 Å². The number of rotatable bonds is 6. The summed E-state index contributed by atoms with van der Waals surface area (Å²) in [6.45, 7) is 6.88. The third-order valence-electron chi connectivity index (χ3n) is 4.91. The van der Waals surface area contributed by atoms with Gasteiger partial charge in [-0.25, -0.2) is 0 Å². The highest BCUT2D eigenvalue weighted by Gasteiger charge is 2.36. The molecule has 0 atom stereocenters. The maximum atomic E-state index is 3.70. The van der Waals surface area contributed by atoms with E-state index in [0.29, 0.717) is 5.41 Å². The van der Waals surface area contributed by atoms with Gasteiger partial charge in [0, 0.05) is 6.54 Å². The molecule has 1 N–H and O–H groups in total. The molecule has 1 aliphatic carbocycles. The van der Waals surface area contributed by atoms with Crippen LogP contribution in [0.15, 0.2) is 42.5 Å². The molecule has 21 heavy (non-hydrogen) atoms. The standard InChI is InChI=1S/C20H27N/c1-16(2)14-21-15-20(11-6-12-20)13-18-9-5-8-17-7-3-4-10-19(17)18/h3-5,7-10,16,21H,6,11-15H2,1-2H3. The van der Waals surface area contributed by atoms with Gasteiger partial charge in [0.05, 0.1) is 0 Å².